The molecular weight excluding hydrogens is 266 g/mol. The van der Waals surface area contributed by atoms with Crippen molar-refractivity contribution in [3.8, 4) is 0 Å². The van der Waals surface area contributed by atoms with E-state index in [-0.39, 0.29) is 0 Å². The van der Waals surface area contributed by atoms with Crippen molar-refractivity contribution in [2.75, 3.05) is 19.6 Å². The van der Waals surface area contributed by atoms with E-state index in [9.17, 15) is 15.0 Å². The van der Waals surface area contributed by atoms with Gasteiger partial charge in [0.1, 0.15) is 12.0 Å². The first kappa shape index (κ1) is 20.0. The van der Waals surface area contributed by atoms with E-state index in [1.807, 2.05) is 6.20 Å². The van der Waals surface area contributed by atoms with Crippen LogP contribution in [-0.2, 0) is 4.79 Å². The van der Waals surface area contributed by atoms with Crippen LogP contribution in [0.5, 0.6) is 0 Å². The van der Waals surface area contributed by atoms with Crippen molar-refractivity contribution in [2.45, 2.75) is 66.2 Å². The molecule has 0 spiro atoms. The lowest BCUT2D eigenvalue weighted by Crippen LogP contribution is -2.45. The number of carbonyl (C=O) groups excluding carboxylic acids is 1. The largest absolute Gasteiger partial charge is 0.550 e. The van der Waals surface area contributed by atoms with Gasteiger partial charge in [-0.2, -0.15) is 0 Å². The van der Waals surface area contributed by atoms with E-state index in [1.165, 1.54) is 12.8 Å². The zero-order valence-electron chi connectivity index (χ0n) is 14.2. The lowest BCUT2D eigenvalue weighted by Gasteiger charge is -2.34. The van der Waals surface area contributed by atoms with E-state index >= 15 is 0 Å². The summed E-state index contributed by atoms with van der Waals surface area (Å²) < 4.78 is 0.636. The minimum atomic E-state index is -0.993. The standard InChI is InChI=1S/C17H33NO3/c1-5-8-9-10-11-16(19)14-18(6-2,7-3)13-12-15(4)17(20)21/h14-15H,5-13H2,1-4H3,(H-,19,20,21)/b16-14-. The van der Waals surface area contributed by atoms with E-state index in [1.54, 1.807) is 6.92 Å². The molecule has 21 heavy (non-hydrogen) atoms. The molecule has 0 radical (unpaired) electrons. The fraction of sp³-hybridized carbons (Fsp3) is 0.824. The van der Waals surface area contributed by atoms with Crippen molar-refractivity contribution < 1.29 is 19.5 Å². The number of aliphatic hydroxyl groups excluding tert-OH is 1. The Morgan fingerprint density at radius 2 is 1.81 bits per heavy atom. The zero-order valence-corrected chi connectivity index (χ0v) is 14.2. The Morgan fingerprint density at radius 1 is 1.19 bits per heavy atom. The van der Waals surface area contributed by atoms with Gasteiger partial charge in [0.2, 0.25) is 0 Å². The van der Waals surface area contributed by atoms with Crippen molar-refractivity contribution in [2.24, 2.45) is 5.92 Å². The molecule has 0 heterocycles. The Labute approximate surface area is 130 Å². The monoisotopic (exact) mass is 299 g/mol. The zero-order chi connectivity index (χ0) is 16.3. The molecule has 0 saturated heterocycles. The van der Waals surface area contributed by atoms with Crippen LogP contribution in [0, 0.1) is 5.92 Å². The van der Waals surface area contributed by atoms with E-state index < -0.39 is 11.9 Å². The van der Waals surface area contributed by atoms with Crippen LogP contribution < -0.4 is 5.11 Å². The number of aliphatic hydroxyl groups is 1. The maximum Gasteiger partial charge on any atom is 0.145 e. The van der Waals surface area contributed by atoms with Crippen molar-refractivity contribution in [1.82, 2.24) is 0 Å². The number of aliphatic carboxylic acids is 1. The molecule has 0 aromatic rings. The van der Waals surface area contributed by atoms with Gasteiger partial charge in [-0.05, 0) is 20.3 Å². The lowest BCUT2D eigenvalue weighted by atomic mass is 10.1. The van der Waals surface area contributed by atoms with E-state index in [0.29, 0.717) is 16.7 Å². The molecule has 1 N–H and O–H groups in total. The van der Waals surface area contributed by atoms with Gasteiger partial charge in [-0.3, -0.25) is 4.48 Å². The van der Waals surface area contributed by atoms with Gasteiger partial charge in [0.05, 0.1) is 19.6 Å². The normalized spacial score (nSPS) is 14.2. The predicted octanol–water partition coefficient (Wildman–Crippen LogP) is 2.99. The summed E-state index contributed by atoms with van der Waals surface area (Å²) in [7, 11) is 0. The molecule has 0 aliphatic heterocycles. The average Bonchev–Trinajstić information content (AvgIpc) is 2.47. The second-order valence-corrected chi connectivity index (χ2v) is 6.01. The molecular formula is C17H33NO3. The summed E-state index contributed by atoms with van der Waals surface area (Å²) in [6, 6.07) is 0. The molecule has 0 aromatic heterocycles. The first-order chi connectivity index (χ1) is 9.90. The van der Waals surface area contributed by atoms with E-state index in [2.05, 4.69) is 20.8 Å². The first-order valence-electron chi connectivity index (χ1n) is 8.38. The summed E-state index contributed by atoms with van der Waals surface area (Å²) >= 11 is 0. The predicted molar refractivity (Wildman–Crippen MR) is 84.5 cm³/mol. The maximum atomic E-state index is 10.8. The third-order valence-electron chi connectivity index (χ3n) is 4.38. The Hall–Kier alpha value is -1.03. The fourth-order valence-corrected chi connectivity index (χ4v) is 2.47. The third-order valence-corrected chi connectivity index (χ3v) is 4.38. The topological polar surface area (TPSA) is 60.4 Å². The Morgan fingerprint density at radius 3 is 2.29 bits per heavy atom. The van der Waals surface area contributed by atoms with Crippen LogP contribution in [0.4, 0.5) is 0 Å². The number of hydrogen-bond acceptors (Lipinski definition) is 3. The molecule has 0 amide bonds. The Balaban J connectivity index is 4.58. The minimum absolute atomic E-state index is 0.441. The summed E-state index contributed by atoms with van der Waals surface area (Å²) in [5.74, 6) is -0.996. The molecule has 0 rings (SSSR count). The van der Waals surface area contributed by atoms with Gasteiger partial charge in [0.15, 0.2) is 0 Å². The van der Waals surface area contributed by atoms with Gasteiger partial charge in [-0.25, -0.2) is 0 Å². The van der Waals surface area contributed by atoms with Gasteiger partial charge in [0.25, 0.3) is 0 Å². The number of carboxylic acids is 1. The van der Waals surface area contributed by atoms with Gasteiger partial charge in [0, 0.05) is 24.7 Å². The number of allylic oxidation sites excluding steroid dienone is 1. The molecule has 0 aromatic carbocycles. The van der Waals surface area contributed by atoms with Crippen molar-refractivity contribution in [3.63, 3.8) is 0 Å². The van der Waals surface area contributed by atoms with Gasteiger partial charge in [-0.1, -0.05) is 33.1 Å². The number of nitrogens with zero attached hydrogens (tertiary/aromatic N) is 1. The van der Waals surface area contributed by atoms with Crippen LogP contribution in [0.2, 0.25) is 0 Å². The molecule has 1 atom stereocenters. The number of rotatable bonds is 12. The second kappa shape index (κ2) is 10.7. The van der Waals surface area contributed by atoms with Crippen LogP contribution >= 0.6 is 0 Å². The first-order valence-corrected chi connectivity index (χ1v) is 8.38. The summed E-state index contributed by atoms with van der Waals surface area (Å²) in [4.78, 5) is 10.8. The van der Waals surface area contributed by atoms with Crippen molar-refractivity contribution in [3.05, 3.63) is 12.0 Å². The second-order valence-electron chi connectivity index (χ2n) is 6.01. The Kier molecular flexibility index (Phi) is 10.1. The molecule has 1 unspecified atom stereocenters. The highest BCUT2D eigenvalue weighted by atomic mass is 16.4. The van der Waals surface area contributed by atoms with E-state index in [0.717, 1.165) is 38.9 Å². The molecule has 0 bridgehead atoms. The fourth-order valence-electron chi connectivity index (χ4n) is 2.47. The van der Waals surface area contributed by atoms with E-state index in [4.69, 9.17) is 0 Å². The minimum Gasteiger partial charge on any atom is -0.550 e. The highest BCUT2D eigenvalue weighted by Gasteiger charge is 2.23. The van der Waals surface area contributed by atoms with Crippen LogP contribution in [0.25, 0.3) is 0 Å². The summed E-state index contributed by atoms with van der Waals surface area (Å²) in [6.07, 6.45) is 7.77. The molecule has 0 saturated carbocycles. The molecule has 4 heteroatoms. The highest BCUT2D eigenvalue weighted by molar-refractivity contribution is 5.66. The lowest BCUT2D eigenvalue weighted by molar-refractivity contribution is -0.877. The van der Waals surface area contributed by atoms with Gasteiger partial charge in [-0.15, -0.1) is 0 Å². The number of unbranched alkanes of at least 4 members (excludes halogenated alkanes) is 3. The molecule has 0 fully saturated rings. The van der Waals surface area contributed by atoms with Crippen LogP contribution in [0.1, 0.15) is 66.2 Å². The Bertz CT molecular complexity index is 322. The molecule has 4 nitrogen and oxygen atoms in total. The van der Waals surface area contributed by atoms with Crippen LogP contribution in [0.15, 0.2) is 12.0 Å². The third kappa shape index (κ3) is 8.10. The summed E-state index contributed by atoms with van der Waals surface area (Å²) in [5, 5.41) is 21.0. The SMILES string of the molecule is CCCCCC/C(O)=C/[N+](CC)(CC)CCC(C)C(=O)[O-]. The summed E-state index contributed by atoms with van der Waals surface area (Å²) in [6.45, 7) is 10.4. The average molecular weight is 299 g/mol. The summed E-state index contributed by atoms with van der Waals surface area (Å²) in [5.41, 5.74) is 0. The number of quaternary nitrogens is 1. The highest BCUT2D eigenvalue weighted by Crippen LogP contribution is 2.17. The number of carboxylic acid groups (broad SMARTS) is 1. The maximum absolute atomic E-state index is 10.8. The van der Waals surface area contributed by atoms with Crippen LogP contribution in [0.3, 0.4) is 0 Å². The van der Waals surface area contributed by atoms with Crippen molar-refractivity contribution >= 4 is 5.97 Å². The number of carbonyl (C=O) groups is 1. The molecule has 0 aliphatic rings. The molecule has 0 aliphatic carbocycles. The smallest absolute Gasteiger partial charge is 0.145 e. The molecule has 124 valence electrons. The van der Waals surface area contributed by atoms with Gasteiger partial charge < -0.3 is 15.0 Å². The van der Waals surface area contributed by atoms with Gasteiger partial charge >= 0.3 is 0 Å². The quantitative estimate of drug-likeness (QED) is 0.342. The van der Waals surface area contributed by atoms with Crippen LogP contribution in [-0.4, -0.2) is 35.2 Å². The number of hydrogen-bond donors (Lipinski definition) is 1. The van der Waals surface area contributed by atoms with Crippen molar-refractivity contribution in [1.29, 1.82) is 0 Å².